The van der Waals surface area contributed by atoms with Crippen molar-refractivity contribution in [1.29, 1.82) is 0 Å². The Bertz CT molecular complexity index is 562. The Morgan fingerprint density at radius 1 is 1.32 bits per heavy atom. The van der Waals surface area contributed by atoms with E-state index in [4.69, 9.17) is 4.74 Å². The summed E-state index contributed by atoms with van der Waals surface area (Å²) in [6.45, 7) is 12.8. The van der Waals surface area contributed by atoms with Crippen LogP contribution in [0.15, 0.2) is 23.8 Å². The molecule has 0 heterocycles. The topological polar surface area (TPSA) is 43.4 Å². The lowest BCUT2D eigenvalue weighted by Crippen LogP contribution is -2.51. The minimum absolute atomic E-state index is 0.174. The Hall–Kier alpha value is -1.38. The van der Waals surface area contributed by atoms with Crippen molar-refractivity contribution in [2.45, 2.75) is 72.6 Å². The van der Waals surface area contributed by atoms with Crippen LogP contribution in [0.3, 0.4) is 0 Å². The molecule has 140 valence electrons. The van der Waals surface area contributed by atoms with Crippen LogP contribution in [-0.4, -0.2) is 18.9 Å². The number of allylic oxidation sites excluding steroid dienone is 2. The quantitative estimate of drug-likeness (QED) is 0.374. The fourth-order valence-corrected chi connectivity index (χ4v) is 5.45. The summed E-state index contributed by atoms with van der Waals surface area (Å²) in [5.41, 5.74) is 2.63. The molecule has 0 saturated heterocycles. The zero-order valence-corrected chi connectivity index (χ0v) is 16.4. The number of rotatable bonds is 6. The Morgan fingerprint density at radius 3 is 2.68 bits per heavy atom. The van der Waals surface area contributed by atoms with Crippen molar-refractivity contribution in [2.24, 2.45) is 22.7 Å². The highest BCUT2D eigenvalue weighted by Gasteiger charge is 2.54. The molecular formula is C22H34O3. The summed E-state index contributed by atoms with van der Waals surface area (Å²) < 4.78 is 5.00. The number of esters is 1. The first-order chi connectivity index (χ1) is 11.7. The van der Waals surface area contributed by atoms with Gasteiger partial charge in [-0.25, -0.2) is 0 Å². The van der Waals surface area contributed by atoms with Crippen LogP contribution in [0.25, 0.3) is 0 Å². The van der Waals surface area contributed by atoms with Gasteiger partial charge in [-0.1, -0.05) is 38.0 Å². The molecular weight excluding hydrogens is 312 g/mol. The van der Waals surface area contributed by atoms with Crippen LogP contribution < -0.4 is 0 Å². The number of hydrogen-bond acceptors (Lipinski definition) is 3. The molecule has 0 N–H and O–H groups in total. The smallest absolute Gasteiger partial charge is 0.302 e. The van der Waals surface area contributed by atoms with Crippen molar-refractivity contribution in [2.75, 3.05) is 6.61 Å². The van der Waals surface area contributed by atoms with Crippen LogP contribution in [0.5, 0.6) is 0 Å². The van der Waals surface area contributed by atoms with Gasteiger partial charge in [0.25, 0.3) is 0 Å². The maximum absolute atomic E-state index is 11.8. The van der Waals surface area contributed by atoms with E-state index in [1.54, 1.807) is 0 Å². The predicted octanol–water partition coefficient (Wildman–Crippen LogP) is 5.25. The van der Waals surface area contributed by atoms with Crippen LogP contribution in [0.1, 0.15) is 72.6 Å². The fourth-order valence-electron chi connectivity index (χ4n) is 5.45. The lowest BCUT2D eigenvalue weighted by Gasteiger charge is -2.57. The standard InChI is InChI=1S/C22H34O3/c1-16(11-14-25-18(3)24)7-9-19-17(2)8-10-20-21(4,15-23)12-6-13-22(19,20)5/h11,15,19-20H,2,6-10,12-14H2,1,3-5H3/b16-11+/t19-,20-,21+,22+/m0/s1. The zero-order valence-electron chi connectivity index (χ0n) is 16.4. The van der Waals surface area contributed by atoms with Gasteiger partial charge < -0.3 is 9.53 Å². The summed E-state index contributed by atoms with van der Waals surface area (Å²) in [4.78, 5) is 22.7. The predicted molar refractivity (Wildman–Crippen MR) is 101 cm³/mol. The van der Waals surface area contributed by atoms with Gasteiger partial charge in [-0.3, -0.25) is 4.79 Å². The fraction of sp³-hybridized carbons (Fsp3) is 0.727. The lowest BCUT2D eigenvalue weighted by molar-refractivity contribution is -0.139. The molecule has 0 aromatic carbocycles. The maximum Gasteiger partial charge on any atom is 0.302 e. The SMILES string of the molecule is C=C1CC[C@@H]2[C@](C)(CCC[C@]2(C)C=O)[C@H]1CC/C(C)=C/COC(C)=O. The van der Waals surface area contributed by atoms with Gasteiger partial charge in [0.2, 0.25) is 0 Å². The average molecular weight is 347 g/mol. The molecule has 4 atom stereocenters. The van der Waals surface area contributed by atoms with Gasteiger partial charge in [-0.15, -0.1) is 0 Å². The first-order valence-corrected chi connectivity index (χ1v) is 9.66. The van der Waals surface area contributed by atoms with Crippen LogP contribution in [0, 0.1) is 22.7 Å². The summed E-state index contributed by atoms with van der Waals surface area (Å²) >= 11 is 0. The van der Waals surface area contributed by atoms with Crippen LogP contribution >= 0.6 is 0 Å². The molecule has 2 saturated carbocycles. The third-order valence-corrected chi connectivity index (χ3v) is 6.88. The van der Waals surface area contributed by atoms with E-state index >= 15 is 0 Å². The monoisotopic (exact) mass is 346 g/mol. The van der Waals surface area contributed by atoms with E-state index in [0.29, 0.717) is 18.4 Å². The molecule has 3 nitrogen and oxygen atoms in total. The molecule has 25 heavy (non-hydrogen) atoms. The van der Waals surface area contributed by atoms with E-state index in [2.05, 4.69) is 27.4 Å². The Kier molecular flexibility index (Phi) is 6.29. The van der Waals surface area contributed by atoms with E-state index < -0.39 is 0 Å². The molecule has 0 spiro atoms. The molecule has 2 aliphatic rings. The highest BCUT2D eigenvalue weighted by atomic mass is 16.5. The molecule has 0 aliphatic heterocycles. The van der Waals surface area contributed by atoms with Crippen molar-refractivity contribution in [1.82, 2.24) is 0 Å². The molecule has 2 rings (SSSR count). The largest absolute Gasteiger partial charge is 0.462 e. The van der Waals surface area contributed by atoms with Gasteiger partial charge in [0.15, 0.2) is 0 Å². The number of fused-ring (bicyclic) bond motifs is 1. The van der Waals surface area contributed by atoms with Crippen molar-refractivity contribution in [3.63, 3.8) is 0 Å². The van der Waals surface area contributed by atoms with Gasteiger partial charge >= 0.3 is 5.97 Å². The third kappa shape index (κ3) is 4.24. The molecule has 0 aromatic rings. The molecule has 2 fully saturated rings. The second-order valence-corrected chi connectivity index (χ2v) is 8.68. The second-order valence-electron chi connectivity index (χ2n) is 8.68. The first-order valence-electron chi connectivity index (χ1n) is 9.66. The number of hydrogen-bond donors (Lipinski definition) is 0. The highest BCUT2D eigenvalue weighted by molar-refractivity contribution is 5.66. The minimum atomic E-state index is -0.240. The van der Waals surface area contributed by atoms with Crippen LogP contribution in [0.2, 0.25) is 0 Å². The normalized spacial score (nSPS) is 35.8. The summed E-state index contributed by atoms with van der Waals surface area (Å²) in [5, 5.41) is 0. The van der Waals surface area contributed by atoms with Crippen molar-refractivity contribution < 1.29 is 14.3 Å². The Labute approximate surface area is 152 Å². The van der Waals surface area contributed by atoms with Crippen LogP contribution in [0.4, 0.5) is 0 Å². The van der Waals surface area contributed by atoms with Crippen molar-refractivity contribution in [3.8, 4) is 0 Å². The Balaban J connectivity index is 2.09. The van der Waals surface area contributed by atoms with E-state index in [0.717, 1.165) is 38.5 Å². The van der Waals surface area contributed by atoms with Gasteiger partial charge in [-0.2, -0.15) is 0 Å². The Morgan fingerprint density at radius 2 is 2.04 bits per heavy atom. The second kappa shape index (κ2) is 7.88. The molecule has 0 bridgehead atoms. The minimum Gasteiger partial charge on any atom is -0.462 e. The summed E-state index contributed by atoms with van der Waals surface area (Å²) in [5.74, 6) is 0.699. The zero-order chi connectivity index (χ0) is 18.7. The maximum atomic E-state index is 11.8. The highest BCUT2D eigenvalue weighted by Crippen LogP contribution is 2.61. The van der Waals surface area contributed by atoms with Gasteiger partial charge in [0.05, 0.1) is 0 Å². The van der Waals surface area contributed by atoms with Gasteiger partial charge in [-0.05, 0) is 68.8 Å². The van der Waals surface area contributed by atoms with E-state index in [1.165, 1.54) is 30.8 Å². The van der Waals surface area contributed by atoms with E-state index in [9.17, 15) is 9.59 Å². The molecule has 0 unspecified atom stereocenters. The molecule has 3 heteroatoms. The molecule has 2 aliphatic carbocycles. The summed E-state index contributed by atoms with van der Waals surface area (Å²) in [7, 11) is 0. The van der Waals surface area contributed by atoms with Gasteiger partial charge in [0.1, 0.15) is 12.9 Å². The average Bonchev–Trinajstić information content (AvgIpc) is 2.53. The number of carbonyl (C=O) groups excluding carboxylic acids is 2. The summed E-state index contributed by atoms with van der Waals surface area (Å²) in [6.07, 6.45) is 10.8. The lowest BCUT2D eigenvalue weighted by atomic mass is 9.47. The van der Waals surface area contributed by atoms with Crippen molar-refractivity contribution in [3.05, 3.63) is 23.8 Å². The van der Waals surface area contributed by atoms with Gasteiger partial charge in [0, 0.05) is 12.3 Å². The summed E-state index contributed by atoms with van der Waals surface area (Å²) in [6, 6.07) is 0. The molecule has 0 aromatic heterocycles. The van der Waals surface area contributed by atoms with Crippen molar-refractivity contribution >= 4 is 12.3 Å². The number of carbonyl (C=O) groups is 2. The van der Waals surface area contributed by atoms with E-state index in [1.807, 2.05) is 6.08 Å². The number of ether oxygens (including phenoxy) is 1. The first kappa shape index (κ1) is 19.9. The van der Waals surface area contributed by atoms with Crippen LogP contribution in [-0.2, 0) is 14.3 Å². The molecule has 0 radical (unpaired) electrons. The number of aldehydes is 1. The molecule has 0 amide bonds. The third-order valence-electron chi connectivity index (χ3n) is 6.88. The van der Waals surface area contributed by atoms with E-state index in [-0.39, 0.29) is 16.8 Å².